The van der Waals surface area contributed by atoms with E-state index in [-0.39, 0.29) is 30.3 Å². The summed E-state index contributed by atoms with van der Waals surface area (Å²) in [6, 6.07) is 0. The van der Waals surface area contributed by atoms with Crippen molar-refractivity contribution in [3.05, 3.63) is 11.6 Å². The van der Waals surface area contributed by atoms with Crippen molar-refractivity contribution in [3.63, 3.8) is 0 Å². The highest BCUT2D eigenvalue weighted by Crippen LogP contribution is 2.67. The third-order valence-corrected chi connectivity index (χ3v) is 13.0. The first-order valence-electron chi connectivity index (χ1n) is 19.6. The summed E-state index contributed by atoms with van der Waals surface area (Å²) in [7, 11) is 0. The quantitative estimate of drug-likeness (QED) is 0.0903. The second-order valence-corrected chi connectivity index (χ2v) is 16.5. The maximum absolute atomic E-state index is 12.7. The van der Waals surface area contributed by atoms with E-state index >= 15 is 0 Å². The number of hydrogen-bond donors (Lipinski definition) is 2. The molecule has 0 amide bonds. The van der Waals surface area contributed by atoms with Crippen LogP contribution >= 0.6 is 0 Å². The molecule has 278 valence electrons. The number of carbonyl (C=O) groups excluding carboxylic acids is 1. The monoisotopic (exact) mass is 678 g/mol. The SMILES string of the molecule is CC(C)CCC[C@@H](C)[C@H]1CC[C@H]2[C@@H]3CC=C4C[C@@H](OCC(=O)C(O)CCOCCOCCOCCOCCN)CC[C@]4(C)[C@H]3CC[C@]12C. The Labute approximate surface area is 292 Å². The number of ether oxygens (including phenoxy) is 5. The minimum atomic E-state index is -1.06. The summed E-state index contributed by atoms with van der Waals surface area (Å²) in [5.74, 6) is 4.75. The first-order chi connectivity index (χ1) is 23.1. The minimum Gasteiger partial charge on any atom is -0.385 e. The molecular weight excluding hydrogens is 606 g/mol. The Morgan fingerprint density at radius 1 is 0.854 bits per heavy atom. The van der Waals surface area contributed by atoms with Crippen LogP contribution in [0.2, 0.25) is 0 Å². The van der Waals surface area contributed by atoms with Gasteiger partial charge in [-0.25, -0.2) is 0 Å². The molecule has 0 aromatic heterocycles. The molecule has 0 aromatic rings. The van der Waals surface area contributed by atoms with Crippen LogP contribution in [0.15, 0.2) is 11.6 Å². The van der Waals surface area contributed by atoms with Crippen molar-refractivity contribution in [1.82, 2.24) is 0 Å². The molecule has 0 aromatic carbocycles. The highest BCUT2D eigenvalue weighted by Gasteiger charge is 2.59. The van der Waals surface area contributed by atoms with Crippen LogP contribution in [0.5, 0.6) is 0 Å². The predicted molar refractivity (Wildman–Crippen MR) is 191 cm³/mol. The zero-order valence-corrected chi connectivity index (χ0v) is 31.2. The van der Waals surface area contributed by atoms with Crippen LogP contribution < -0.4 is 5.73 Å². The smallest absolute Gasteiger partial charge is 0.186 e. The van der Waals surface area contributed by atoms with E-state index in [1.165, 1.54) is 51.4 Å². The second-order valence-electron chi connectivity index (χ2n) is 16.5. The molecule has 4 aliphatic rings. The van der Waals surface area contributed by atoms with Crippen LogP contribution in [-0.2, 0) is 28.5 Å². The number of carbonyl (C=O) groups is 1. The van der Waals surface area contributed by atoms with E-state index in [9.17, 15) is 9.90 Å². The lowest BCUT2D eigenvalue weighted by atomic mass is 9.47. The fourth-order valence-corrected chi connectivity index (χ4v) is 10.3. The van der Waals surface area contributed by atoms with E-state index < -0.39 is 6.10 Å². The fourth-order valence-electron chi connectivity index (χ4n) is 10.3. The summed E-state index contributed by atoms with van der Waals surface area (Å²) in [5.41, 5.74) is 7.72. The van der Waals surface area contributed by atoms with Gasteiger partial charge >= 0.3 is 0 Å². The van der Waals surface area contributed by atoms with Crippen molar-refractivity contribution in [2.75, 3.05) is 66.0 Å². The van der Waals surface area contributed by atoms with Crippen LogP contribution in [0.4, 0.5) is 0 Å². The van der Waals surface area contributed by atoms with Crippen molar-refractivity contribution < 1.29 is 33.6 Å². The molecule has 4 aliphatic carbocycles. The molecule has 0 spiro atoms. The van der Waals surface area contributed by atoms with E-state index in [2.05, 4.69) is 40.7 Å². The van der Waals surface area contributed by atoms with E-state index in [0.717, 1.165) is 54.8 Å². The van der Waals surface area contributed by atoms with Crippen LogP contribution in [0, 0.1) is 46.3 Å². The van der Waals surface area contributed by atoms with Gasteiger partial charge in [-0.2, -0.15) is 0 Å². The number of nitrogens with two attached hydrogens (primary N) is 1. The van der Waals surface area contributed by atoms with Gasteiger partial charge in [0.1, 0.15) is 12.7 Å². The molecule has 4 rings (SSSR count). The Morgan fingerprint density at radius 3 is 2.19 bits per heavy atom. The molecule has 0 heterocycles. The first kappa shape index (κ1) is 39.9. The van der Waals surface area contributed by atoms with Crippen molar-refractivity contribution in [2.45, 2.75) is 124 Å². The van der Waals surface area contributed by atoms with Gasteiger partial charge in [0.15, 0.2) is 5.78 Å². The molecule has 0 bridgehead atoms. The van der Waals surface area contributed by atoms with E-state index in [4.69, 9.17) is 29.4 Å². The molecule has 0 radical (unpaired) electrons. The van der Waals surface area contributed by atoms with Gasteiger partial charge in [-0.3, -0.25) is 4.79 Å². The number of hydrogen-bond acceptors (Lipinski definition) is 8. The lowest BCUT2D eigenvalue weighted by molar-refractivity contribution is -0.136. The first-order valence-corrected chi connectivity index (χ1v) is 19.6. The molecule has 48 heavy (non-hydrogen) atoms. The van der Waals surface area contributed by atoms with Gasteiger partial charge in [0.25, 0.3) is 0 Å². The van der Waals surface area contributed by atoms with Crippen LogP contribution in [0.3, 0.4) is 0 Å². The zero-order valence-electron chi connectivity index (χ0n) is 31.2. The maximum Gasteiger partial charge on any atom is 0.186 e. The lowest BCUT2D eigenvalue weighted by Crippen LogP contribution is -2.51. The summed E-state index contributed by atoms with van der Waals surface area (Å²) in [5, 5.41) is 10.4. The average Bonchev–Trinajstić information content (AvgIpc) is 3.42. The van der Waals surface area contributed by atoms with Crippen molar-refractivity contribution in [3.8, 4) is 0 Å². The van der Waals surface area contributed by atoms with Crippen LogP contribution in [0.25, 0.3) is 0 Å². The van der Waals surface area contributed by atoms with Gasteiger partial charge in [0.2, 0.25) is 0 Å². The maximum atomic E-state index is 12.7. The lowest BCUT2D eigenvalue weighted by Gasteiger charge is -2.58. The van der Waals surface area contributed by atoms with Gasteiger partial charge in [0.05, 0.1) is 52.4 Å². The number of aliphatic hydroxyl groups is 1. The highest BCUT2D eigenvalue weighted by atomic mass is 16.6. The van der Waals surface area contributed by atoms with Crippen molar-refractivity contribution in [2.24, 2.45) is 52.1 Å². The summed E-state index contributed by atoms with van der Waals surface area (Å²) in [4.78, 5) is 12.7. The predicted octanol–water partition coefficient (Wildman–Crippen LogP) is 6.76. The molecule has 0 aliphatic heterocycles. The number of allylic oxidation sites excluding steroid dienone is 1. The van der Waals surface area contributed by atoms with Gasteiger partial charge in [0, 0.05) is 19.6 Å². The third-order valence-electron chi connectivity index (χ3n) is 13.0. The molecule has 3 N–H and O–H groups in total. The Hall–Kier alpha value is -0.870. The Bertz CT molecular complexity index is 989. The van der Waals surface area contributed by atoms with Gasteiger partial charge in [-0.05, 0) is 97.7 Å². The van der Waals surface area contributed by atoms with Gasteiger partial charge in [-0.15, -0.1) is 0 Å². The highest BCUT2D eigenvalue weighted by molar-refractivity contribution is 5.83. The number of ketones is 1. The molecule has 3 fully saturated rings. The molecule has 8 nitrogen and oxygen atoms in total. The zero-order chi connectivity index (χ0) is 34.6. The van der Waals surface area contributed by atoms with E-state index in [0.29, 0.717) is 64.8 Å². The molecule has 3 saturated carbocycles. The van der Waals surface area contributed by atoms with Gasteiger partial charge in [-0.1, -0.05) is 65.5 Å². The van der Waals surface area contributed by atoms with Crippen molar-refractivity contribution in [1.29, 1.82) is 0 Å². The Kier molecular flexibility index (Phi) is 16.3. The largest absolute Gasteiger partial charge is 0.385 e. The molecule has 0 saturated heterocycles. The van der Waals surface area contributed by atoms with Crippen LogP contribution in [-0.4, -0.2) is 89.1 Å². The number of aliphatic hydroxyl groups excluding tert-OH is 1. The standard InChI is InChI=1S/C40H71NO7/c1-29(2)7-6-8-30(3)34-11-12-35-33-10-9-31-27-32(13-16-39(31,4)36(33)14-17-40(34,35)5)48-28-38(43)37(42)15-19-44-21-23-46-25-26-47-24-22-45-20-18-41/h9,29-30,32-37,42H,6-8,10-28,41H2,1-5H3/t30-,32+,33+,34-,35+,36+,37?,39+,40-/m1/s1. The summed E-state index contributed by atoms with van der Waals surface area (Å²) in [6.07, 6.45) is 15.9. The third kappa shape index (κ3) is 10.6. The molecule has 8 heteroatoms. The number of fused-ring (bicyclic) bond motifs is 5. The summed E-state index contributed by atoms with van der Waals surface area (Å²) < 4.78 is 27.8. The average molecular weight is 678 g/mol. The Balaban J connectivity index is 1.13. The second kappa shape index (κ2) is 19.7. The molecule has 9 atom stereocenters. The normalized spacial score (nSPS) is 32.8. The number of rotatable bonds is 23. The fraction of sp³-hybridized carbons (Fsp3) is 0.925. The van der Waals surface area contributed by atoms with E-state index in [1.54, 1.807) is 5.57 Å². The summed E-state index contributed by atoms with van der Waals surface area (Å²) >= 11 is 0. The minimum absolute atomic E-state index is 0.0283. The Morgan fingerprint density at radius 2 is 1.52 bits per heavy atom. The van der Waals surface area contributed by atoms with Crippen molar-refractivity contribution >= 4 is 5.78 Å². The molecule has 1 unspecified atom stereocenters. The summed E-state index contributed by atoms with van der Waals surface area (Å²) in [6.45, 7) is 16.7. The topological polar surface area (TPSA) is 109 Å². The van der Waals surface area contributed by atoms with Gasteiger partial charge < -0.3 is 34.5 Å². The van der Waals surface area contributed by atoms with E-state index in [1.807, 2.05) is 0 Å². The van der Waals surface area contributed by atoms with Crippen LogP contribution in [0.1, 0.15) is 112 Å². The number of Topliss-reactive ketones (excluding diaryl/α,β-unsaturated/α-hetero) is 1. The molecular formula is C40H71NO7.